The number of sulfonamides is 1. The normalized spacial score (nSPS) is 11.6. The highest BCUT2D eigenvalue weighted by atomic mass is 35.5. The van der Waals surface area contributed by atoms with Crippen molar-refractivity contribution in [3.63, 3.8) is 0 Å². The lowest BCUT2D eigenvalue weighted by Crippen LogP contribution is -2.23. The van der Waals surface area contributed by atoms with Gasteiger partial charge in [-0.3, -0.25) is 14.5 Å². The van der Waals surface area contributed by atoms with E-state index in [1.165, 1.54) is 6.20 Å². The fourth-order valence-electron chi connectivity index (χ4n) is 2.87. The number of hydrogen-bond acceptors (Lipinski definition) is 5. The number of benzene rings is 1. The largest absolute Gasteiger partial charge is 0.294 e. The number of nitrogens with zero attached hydrogens (tertiary/aromatic N) is 3. The molecule has 0 atom stereocenters. The summed E-state index contributed by atoms with van der Waals surface area (Å²) in [6, 6.07) is 8.29. The van der Waals surface area contributed by atoms with Crippen LogP contribution in [0.2, 0.25) is 5.02 Å². The zero-order valence-electron chi connectivity index (χ0n) is 16.4. The molecule has 10 heteroatoms. The molecule has 0 bridgehead atoms. The maximum atomic E-state index is 13.2. The molecule has 1 N–H and O–H groups in total. The highest BCUT2D eigenvalue weighted by Crippen LogP contribution is 2.19. The second kappa shape index (κ2) is 9.03. The van der Waals surface area contributed by atoms with Gasteiger partial charge in [-0.2, -0.15) is 5.10 Å². The second-order valence-electron chi connectivity index (χ2n) is 6.76. The predicted molar refractivity (Wildman–Crippen MR) is 110 cm³/mol. The Morgan fingerprint density at radius 2 is 2.00 bits per heavy atom. The number of rotatable bonds is 8. The molecule has 3 rings (SSSR count). The lowest BCUT2D eigenvalue weighted by molar-refractivity contribution is 0.0982. The van der Waals surface area contributed by atoms with Gasteiger partial charge in [0.25, 0.3) is 0 Å². The quantitative estimate of drug-likeness (QED) is 0.532. The van der Waals surface area contributed by atoms with Gasteiger partial charge in [-0.05, 0) is 49.7 Å². The van der Waals surface area contributed by atoms with Crippen LogP contribution in [0, 0.1) is 12.7 Å². The molecule has 7 nitrogen and oxygen atoms in total. The number of nitrogens with one attached hydrogen (secondary N) is 1. The molecule has 2 aromatic heterocycles. The predicted octanol–water partition coefficient (Wildman–Crippen LogP) is 3.21. The zero-order chi connectivity index (χ0) is 21.9. The number of pyridine rings is 1. The molecule has 1 aromatic carbocycles. The average Bonchev–Trinajstić information content (AvgIpc) is 3.04. The summed E-state index contributed by atoms with van der Waals surface area (Å²) in [5.41, 5.74) is 2.76. The van der Waals surface area contributed by atoms with Crippen molar-refractivity contribution in [1.29, 1.82) is 0 Å². The van der Waals surface area contributed by atoms with Gasteiger partial charge >= 0.3 is 0 Å². The summed E-state index contributed by atoms with van der Waals surface area (Å²) in [6.45, 7) is 1.81. The fraction of sp³-hybridized carbons (Fsp3) is 0.250. The number of carbonyl (C=O) groups excluding carboxylic acids is 1. The van der Waals surface area contributed by atoms with Gasteiger partial charge in [-0.25, -0.2) is 17.5 Å². The smallest absolute Gasteiger partial charge is 0.240 e. The minimum absolute atomic E-state index is 0.0607. The monoisotopic (exact) mass is 450 g/mol. The SMILES string of the molecule is Cc1cc(CCC(=O)c2ccc(CNS(=O)(=O)c3ccc(F)c(Cl)c3)nc2)n(C)n1. The lowest BCUT2D eigenvalue weighted by atomic mass is 10.1. The molecule has 0 amide bonds. The van der Waals surface area contributed by atoms with Crippen molar-refractivity contribution in [2.45, 2.75) is 31.2 Å². The molecule has 0 radical (unpaired) electrons. The van der Waals surface area contributed by atoms with E-state index in [9.17, 15) is 17.6 Å². The first-order valence-electron chi connectivity index (χ1n) is 9.08. The van der Waals surface area contributed by atoms with E-state index in [1.807, 2.05) is 20.0 Å². The third kappa shape index (κ3) is 5.29. The Labute approximate surface area is 179 Å². The summed E-state index contributed by atoms with van der Waals surface area (Å²) in [5, 5.41) is 3.98. The lowest BCUT2D eigenvalue weighted by Gasteiger charge is -2.08. The Morgan fingerprint density at radius 1 is 1.23 bits per heavy atom. The van der Waals surface area contributed by atoms with Crippen molar-refractivity contribution in [2.24, 2.45) is 7.05 Å². The summed E-state index contributed by atoms with van der Waals surface area (Å²) < 4.78 is 42.0. The van der Waals surface area contributed by atoms with Crippen LogP contribution in [-0.2, 0) is 30.0 Å². The summed E-state index contributed by atoms with van der Waals surface area (Å²) in [7, 11) is -2.04. The third-order valence-electron chi connectivity index (χ3n) is 4.50. The molecule has 2 heterocycles. The molecule has 158 valence electrons. The van der Waals surface area contributed by atoms with E-state index in [0.29, 0.717) is 24.1 Å². The van der Waals surface area contributed by atoms with Crippen molar-refractivity contribution in [3.05, 3.63) is 76.1 Å². The maximum absolute atomic E-state index is 13.2. The Bertz CT molecular complexity index is 1180. The Morgan fingerprint density at radius 3 is 2.60 bits per heavy atom. The van der Waals surface area contributed by atoms with E-state index in [0.717, 1.165) is 29.6 Å². The second-order valence-corrected chi connectivity index (χ2v) is 8.94. The van der Waals surface area contributed by atoms with Gasteiger partial charge in [0, 0.05) is 30.9 Å². The van der Waals surface area contributed by atoms with Crippen molar-refractivity contribution < 1.29 is 17.6 Å². The number of carbonyl (C=O) groups is 1. The summed E-state index contributed by atoms with van der Waals surface area (Å²) in [4.78, 5) is 16.4. The van der Waals surface area contributed by atoms with Gasteiger partial charge in [0.15, 0.2) is 5.78 Å². The van der Waals surface area contributed by atoms with Crippen LogP contribution in [0.25, 0.3) is 0 Å². The van der Waals surface area contributed by atoms with Crippen LogP contribution >= 0.6 is 11.6 Å². The molecule has 0 saturated carbocycles. The van der Waals surface area contributed by atoms with Gasteiger partial charge in [0.2, 0.25) is 10.0 Å². The Balaban J connectivity index is 1.59. The first kappa shape index (κ1) is 22.1. The molecule has 0 aliphatic heterocycles. The fourth-order valence-corrected chi connectivity index (χ4v) is 4.14. The maximum Gasteiger partial charge on any atom is 0.240 e. The number of aryl methyl sites for hydroxylation is 3. The van der Waals surface area contributed by atoms with Crippen LogP contribution in [0.4, 0.5) is 4.39 Å². The summed E-state index contributed by atoms with van der Waals surface area (Å²) in [6.07, 6.45) is 2.31. The van der Waals surface area contributed by atoms with E-state index in [-0.39, 0.29) is 22.2 Å². The number of ketones is 1. The molecular weight excluding hydrogens is 431 g/mol. The molecule has 0 spiro atoms. The van der Waals surface area contributed by atoms with Crippen molar-refractivity contribution in [2.75, 3.05) is 0 Å². The van der Waals surface area contributed by atoms with Crippen LogP contribution < -0.4 is 4.72 Å². The highest BCUT2D eigenvalue weighted by molar-refractivity contribution is 7.89. The molecule has 0 aliphatic carbocycles. The topological polar surface area (TPSA) is 94.0 Å². The van der Waals surface area contributed by atoms with Crippen molar-refractivity contribution in [1.82, 2.24) is 19.5 Å². The third-order valence-corrected chi connectivity index (χ3v) is 6.19. The van der Waals surface area contributed by atoms with Gasteiger partial charge in [-0.1, -0.05) is 11.6 Å². The standard InChI is InChI=1S/C20H20ClFN4O3S/c1-13-9-16(26(2)25-13)5-8-20(27)14-3-4-15(23-11-14)12-24-30(28,29)17-6-7-19(22)18(21)10-17/h3-4,6-7,9-11,24H,5,8,12H2,1-2H3. The summed E-state index contributed by atoms with van der Waals surface area (Å²) >= 11 is 5.64. The van der Waals surface area contributed by atoms with Gasteiger partial charge in [-0.15, -0.1) is 0 Å². The summed E-state index contributed by atoms with van der Waals surface area (Å²) in [5.74, 6) is -0.759. The molecule has 0 fully saturated rings. The molecule has 0 saturated heterocycles. The van der Waals surface area contributed by atoms with E-state index < -0.39 is 15.8 Å². The highest BCUT2D eigenvalue weighted by Gasteiger charge is 2.16. The molecule has 3 aromatic rings. The van der Waals surface area contributed by atoms with Gasteiger partial charge in [0.05, 0.1) is 27.9 Å². The van der Waals surface area contributed by atoms with E-state index in [1.54, 1.807) is 16.8 Å². The molecule has 0 aliphatic rings. The van der Waals surface area contributed by atoms with Crippen LogP contribution in [0.5, 0.6) is 0 Å². The van der Waals surface area contributed by atoms with Crippen LogP contribution in [0.3, 0.4) is 0 Å². The number of hydrogen-bond donors (Lipinski definition) is 1. The Hall–Kier alpha value is -2.62. The minimum atomic E-state index is -3.88. The zero-order valence-corrected chi connectivity index (χ0v) is 18.0. The molecule has 0 unspecified atom stereocenters. The number of Topliss-reactive ketones (excluding diaryl/α,β-unsaturated/α-hetero) is 1. The van der Waals surface area contributed by atoms with E-state index in [2.05, 4.69) is 14.8 Å². The first-order chi connectivity index (χ1) is 14.2. The van der Waals surface area contributed by atoms with E-state index >= 15 is 0 Å². The Kier molecular flexibility index (Phi) is 6.64. The van der Waals surface area contributed by atoms with E-state index in [4.69, 9.17) is 11.6 Å². The number of aromatic nitrogens is 3. The van der Waals surface area contributed by atoms with Crippen LogP contribution in [0.15, 0.2) is 47.5 Å². The van der Waals surface area contributed by atoms with Gasteiger partial charge in [0.1, 0.15) is 5.82 Å². The molecular formula is C20H20ClFN4O3S. The minimum Gasteiger partial charge on any atom is -0.294 e. The van der Waals surface area contributed by atoms with Crippen LogP contribution in [-0.4, -0.2) is 29.0 Å². The average molecular weight is 451 g/mol. The molecule has 30 heavy (non-hydrogen) atoms. The first-order valence-corrected chi connectivity index (χ1v) is 10.9. The van der Waals surface area contributed by atoms with Gasteiger partial charge < -0.3 is 0 Å². The number of halogens is 2. The van der Waals surface area contributed by atoms with Crippen molar-refractivity contribution >= 4 is 27.4 Å². The van der Waals surface area contributed by atoms with Crippen LogP contribution in [0.1, 0.15) is 33.9 Å². The van der Waals surface area contributed by atoms with Crippen molar-refractivity contribution in [3.8, 4) is 0 Å².